The number of hydrogen-bond acceptors (Lipinski definition) is 4. The lowest BCUT2D eigenvalue weighted by molar-refractivity contribution is -0.115. The fourth-order valence-electron chi connectivity index (χ4n) is 0.699. The summed E-state index contributed by atoms with van der Waals surface area (Å²) in [6.45, 7) is -1.33. The minimum Gasteiger partial charge on any atom is -0.392 e. The molecule has 78 valence electrons. The minimum absolute atomic E-state index is 0.366. The molecule has 4 nitrogen and oxygen atoms in total. The van der Waals surface area contributed by atoms with E-state index in [-0.39, 0.29) is 5.82 Å². The lowest BCUT2D eigenvalue weighted by Crippen LogP contribution is -2.22. The Kier molecular flexibility index (Phi) is 2.73. The fraction of sp³-hybridized carbons (Fsp3) is 0.333. The van der Waals surface area contributed by atoms with Crippen LogP contribution in [0.5, 0.6) is 0 Å². The van der Waals surface area contributed by atoms with Gasteiger partial charge >= 0.3 is 6.18 Å². The van der Waals surface area contributed by atoms with Crippen LogP contribution < -0.4 is 11.1 Å². The molecule has 0 spiro atoms. The molecule has 0 amide bonds. The van der Waals surface area contributed by atoms with Crippen molar-refractivity contribution in [1.29, 1.82) is 0 Å². The molecule has 0 unspecified atom stereocenters. The van der Waals surface area contributed by atoms with Crippen LogP contribution in [0.25, 0.3) is 0 Å². The smallest absolute Gasteiger partial charge is 0.392 e. The van der Waals surface area contributed by atoms with Gasteiger partial charge in [-0.2, -0.15) is 17.6 Å². The maximum absolute atomic E-state index is 12.6. The van der Waals surface area contributed by atoms with Gasteiger partial charge in [0.1, 0.15) is 18.6 Å². The first-order valence-corrected chi connectivity index (χ1v) is 3.47. The molecule has 0 fully saturated rings. The van der Waals surface area contributed by atoms with Gasteiger partial charge in [0.05, 0.1) is 0 Å². The van der Waals surface area contributed by atoms with Gasteiger partial charge in [0.25, 0.3) is 0 Å². The van der Waals surface area contributed by atoms with Crippen molar-refractivity contribution >= 4 is 11.5 Å². The maximum Gasteiger partial charge on any atom is 0.405 e. The maximum atomic E-state index is 12.6. The molecule has 8 heteroatoms. The number of anilines is 2. The van der Waals surface area contributed by atoms with Crippen LogP contribution in [0.1, 0.15) is 0 Å². The molecule has 0 aromatic carbocycles. The zero-order valence-corrected chi connectivity index (χ0v) is 6.77. The lowest BCUT2D eigenvalue weighted by Gasteiger charge is -2.09. The molecule has 0 saturated carbocycles. The number of hydrogen-bond donors (Lipinski definition) is 2. The van der Waals surface area contributed by atoms with Crippen LogP contribution in [-0.2, 0) is 0 Å². The number of nitrogens with one attached hydrogen (secondary N) is 1. The minimum atomic E-state index is -4.41. The molecule has 0 atom stereocenters. The summed E-state index contributed by atoms with van der Waals surface area (Å²) < 4.78 is 47.8. The quantitative estimate of drug-likeness (QED) is 0.568. The first kappa shape index (κ1) is 10.5. The average molecular weight is 210 g/mol. The zero-order valence-electron chi connectivity index (χ0n) is 6.77. The number of nitrogens with zero attached hydrogens (tertiary/aromatic N) is 2. The summed E-state index contributed by atoms with van der Waals surface area (Å²) in [5, 5.41) is 1.85. The van der Waals surface area contributed by atoms with Crippen LogP contribution in [0.4, 0.5) is 29.1 Å². The Balaban J connectivity index is 2.73. The standard InChI is InChI=1S/C6H6F4N4/c7-4-3(11)5(14-2-13-4)12-1-6(8,9)10/h2H,1,11H2,(H,12,13,14). The van der Waals surface area contributed by atoms with Gasteiger partial charge in [0, 0.05) is 0 Å². The third-order valence-corrected chi connectivity index (χ3v) is 1.29. The van der Waals surface area contributed by atoms with E-state index < -0.39 is 24.4 Å². The Morgan fingerprint density at radius 2 is 2.00 bits per heavy atom. The largest absolute Gasteiger partial charge is 0.405 e. The van der Waals surface area contributed by atoms with Crippen molar-refractivity contribution in [1.82, 2.24) is 9.97 Å². The first-order chi connectivity index (χ1) is 6.40. The number of aromatic nitrogens is 2. The Morgan fingerprint density at radius 3 is 2.57 bits per heavy atom. The summed E-state index contributed by atoms with van der Waals surface area (Å²) in [6, 6.07) is 0. The van der Waals surface area contributed by atoms with E-state index in [0.29, 0.717) is 0 Å². The molecule has 14 heavy (non-hydrogen) atoms. The molecule has 1 heterocycles. The average Bonchev–Trinajstić information content (AvgIpc) is 2.06. The topological polar surface area (TPSA) is 63.8 Å². The van der Waals surface area contributed by atoms with E-state index in [1.165, 1.54) is 0 Å². The van der Waals surface area contributed by atoms with Gasteiger partial charge in [-0.1, -0.05) is 0 Å². The third kappa shape index (κ3) is 2.71. The predicted molar refractivity (Wildman–Crippen MR) is 40.9 cm³/mol. The molecule has 0 radical (unpaired) electrons. The molecule has 0 aliphatic rings. The van der Waals surface area contributed by atoms with Crippen LogP contribution in [0.3, 0.4) is 0 Å². The molecule has 0 aliphatic heterocycles. The fourth-order valence-corrected chi connectivity index (χ4v) is 0.699. The molecular weight excluding hydrogens is 204 g/mol. The van der Waals surface area contributed by atoms with Crippen molar-refractivity contribution in [3.05, 3.63) is 12.3 Å². The monoisotopic (exact) mass is 210 g/mol. The first-order valence-electron chi connectivity index (χ1n) is 3.47. The normalized spacial score (nSPS) is 11.4. The van der Waals surface area contributed by atoms with Crippen molar-refractivity contribution < 1.29 is 17.6 Å². The molecule has 1 rings (SSSR count). The molecule has 1 aromatic heterocycles. The Bertz CT molecular complexity index is 324. The number of nitrogen functional groups attached to an aromatic ring is 1. The van der Waals surface area contributed by atoms with Crippen LogP contribution in [0.2, 0.25) is 0 Å². The van der Waals surface area contributed by atoms with E-state index in [0.717, 1.165) is 6.33 Å². The number of rotatable bonds is 2. The number of alkyl halides is 3. The summed E-state index contributed by atoms with van der Waals surface area (Å²) >= 11 is 0. The van der Waals surface area contributed by atoms with E-state index in [9.17, 15) is 17.6 Å². The second kappa shape index (κ2) is 3.64. The highest BCUT2D eigenvalue weighted by Crippen LogP contribution is 2.19. The van der Waals surface area contributed by atoms with E-state index in [1.54, 1.807) is 0 Å². The summed E-state index contributed by atoms with van der Waals surface area (Å²) in [5.74, 6) is -1.42. The molecule has 0 bridgehead atoms. The molecule has 3 N–H and O–H groups in total. The SMILES string of the molecule is Nc1c(F)ncnc1NCC(F)(F)F. The highest BCUT2D eigenvalue weighted by molar-refractivity contribution is 5.59. The molecule has 0 aliphatic carbocycles. The predicted octanol–water partition coefficient (Wildman–Crippen LogP) is 1.17. The molecule has 1 aromatic rings. The Morgan fingerprint density at radius 1 is 1.36 bits per heavy atom. The Hall–Kier alpha value is -1.60. The van der Waals surface area contributed by atoms with Crippen molar-refractivity contribution in [2.24, 2.45) is 0 Å². The second-order valence-electron chi connectivity index (χ2n) is 2.40. The van der Waals surface area contributed by atoms with E-state index in [4.69, 9.17) is 5.73 Å². The van der Waals surface area contributed by atoms with E-state index in [2.05, 4.69) is 9.97 Å². The number of halogens is 4. The van der Waals surface area contributed by atoms with Crippen LogP contribution in [0, 0.1) is 5.95 Å². The second-order valence-corrected chi connectivity index (χ2v) is 2.40. The van der Waals surface area contributed by atoms with Crippen LogP contribution in [-0.4, -0.2) is 22.7 Å². The molecule has 0 saturated heterocycles. The van der Waals surface area contributed by atoms with Crippen molar-refractivity contribution in [3.63, 3.8) is 0 Å². The van der Waals surface area contributed by atoms with Gasteiger partial charge in [-0.25, -0.2) is 9.97 Å². The summed E-state index contributed by atoms with van der Waals surface area (Å²) in [6.07, 6.45) is -3.63. The van der Waals surface area contributed by atoms with Gasteiger partial charge in [0.2, 0.25) is 5.95 Å². The lowest BCUT2D eigenvalue weighted by atomic mass is 10.4. The van der Waals surface area contributed by atoms with Crippen molar-refractivity contribution in [2.75, 3.05) is 17.6 Å². The van der Waals surface area contributed by atoms with Gasteiger partial charge in [-0.15, -0.1) is 0 Å². The van der Waals surface area contributed by atoms with Crippen molar-refractivity contribution in [2.45, 2.75) is 6.18 Å². The van der Waals surface area contributed by atoms with Gasteiger partial charge in [0.15, 0.2) is 5.82 Å². The molecular formula is C6H6F4N4. The number of nitrogens with two attached hydrogens (primary N) is 1. The highest BCUT2D eigenvalue weighted by Gasteiger charge is 2.27. The van der Waals surface area contributed by atoms with Crippen molar-refractivity contribution in [3.8, 4) is 0 Å². The summed E-state index contributed by atoms with van der Waals surface area (Å²) in [7, 11) is 0. The van der Waals surface area contributed by atoms with Gasteiger partial charge in [-0.3, -0.25) is 0 Å². The summed E-state index contributed by atoms with van der Waals surface area (Å²) in [4.78, 5) is 6.41. The summed E-state index contributed by atoms with van der Waals surface area (Å²) in [5.41, 5.74) is 4.55. The van der Waals surface area contributed by atoms with Crippen LogP contribution in [0.15, 0.2) is 6.33 Å². The van der Waals surface area contributed by atoms with E-state index >= 15 is 0 Å². The Labute approximate surface area is 76.2 Å². The van der Waals surface area contributed by atoms with Gasteiger partial charge < -0.3 is 11.1 Å². The van der Waals surface area contributed by atoms with Gasteiger partial charge in [-0.05, 0) is 0 Å². The van der Waals surface area contributed by atoms with Crippen LogP contribution >= 0.6 is 0 Å². The zero-order chi connectivity index (χ0) is 10.8. The highest BCUT2D eigenvalue weighted by atomic mass is 19.4. The van der Waals surface area contributed by atoms with E-state index in [1.807, 2.05) is 5.32 Å². The third-order valence-electron chi connectivity index (χ3n) is 1.29.